The Bertz CT molecular complexity index is 746. The summed E-state index contributed by atoms with van der Waals surface area (Å²) in [4.78, 5) is 12.0. The Morgan fingerprint density at radius 3 is 2.48 bits per heavy atom. The van der Waals surface area contributed by atoms with E-state index in [1.165, 1.54) is 18.2 Å². The van der Waals surface area contributed by atoms with E-state index < -0.39 is 0 Å². The molecule has 0 aliphatic heterocycles. The van der Waals surface area contributed by atoms with Crippen LogP contribution in [-0.2, 0) is 4.79 Å². The van der Waals surface area contributed by atoms with Crippen LogP contribution < -0.4 is 10.1 Å². The molecular formula is C18H18ClNO3. The van der Waals surface area contributed by atoms with Crippen LogP contribution >= 0.6 is 11.6 Å². The van der Waals surface area contributed by atoms with E-state index in [9.17, 15) is 9.90 Å². The van der Waals surface area contributed by atoms with Gasteiger partial charge in [-0.15, -0.1) is 0 Å². The number of rotatable bonds is 4. The van der Waals surface area contributed by atoms with E-state index in [2.05, 4.69) is 5.32 Å². The highest BCUT2D eigenvalue weighted by atomic mass is 35.5. The first-order valence-corrected chi connectivity index (χ1v) is 7.41. The summed E-state index contributed by atoms with van der Waals surface area (Å²) in [6, 6.07) is 8.29. The third kappa shape index (κ3) is 4.27. The molecule has 0 fully saturated rings. The summed E-state index contributed by atoms with van der Waals surface area (Å²) in [5.74, 6) is 0.399. The van der Waals surface area contributed by atoms with Crippen molar-refractivity contribution >= 4 is 29.3 Å². The molecule has 0 heterocycles. The summed E-state index contributed by atoms with van der Waals surface area (Å²) in [5, 5.41) is 12.7. The van der Waals surface area contributed by atoms with Crippen LogP contribution in [0.5, 0.6) is 11.5 Å². The zero-order valence-electron chi connectivity index (χ0n) is 13.2. The normalized spacial score (nSPS) is 10.8. The van der Waals surface area contributed by atoms with Gasteiger partial charge in [-0.05, 0) is 66.9 Å². The number of ether oxygens (including phenoxy) is 1. The molecule has 2 N–H and O–H groups in total. The number of anilines is 1. The fourth-order valence-electron chi connectivity index (χ4n) is 2.26. The average molecular weight is 332 g/mol. The molecule has 5 heteroatoms. The van der Waals surface area contributed by atoms with Crippen LogP contribution in [0.3, 0.4) is 0 Å². The van der Waals surface area contributed by atoms with E-state index in [1.54, 1.807) is 19.3 Å². The predicted molar refractivity (Wildman–Crippen MR) is 93.2 cm³/mol. The Hall–Kier alpha value is -2.46. The average Bonchev–Trinajstić information content (AvgIpc) is 2.49. The van der Waals surface area contributed by atoms with Crippen LogP contribution in [0.25, 0.3) is 6.08 Å². The SMILES string of the molecule is COc1cc(C)c(/C=C/C(=O)Nc2cc(Cl)ccc2O)c(C)c1. The van der Waals surface area contributed by atoms with Gasteiger partial charge in [-0.3, -0.25) is 4.79 Å². The van der Waals surface area contributed by atoms with Crippen LogP contribution in [0.15, 0.2) is 36.4 Å². The summed E-state index contributed by atoms with van der Waals surface area (Å²) >= 11 is 5.85. The minimum Gasteiger partial charge on any atom is -0.506 e. The Kier molecular flexibility index (Phi) is 5.29. The molecule has 0 atom stereocenters. The van der Waals surface area contributed by atoms with Gasteiger partial charge >= 0.3 is 0 Å². The first-order valence-electron chi connectivity index (χ1n) is 7.03. The van der Waals surface area contributed by atoms with Gasteiger partial charge in [0.25, 0.3) is 0 Å². The molecule has 0 aromatic heterocycles. The van der Waals surface area contributed by atoms with Gasteiger partial charge in [0.1, 0.15) is 11.5 Å². The first kappa shape index (κ1) is 16.9. The zero-order valence-corrected chi connectivity index (χ0v) is 13.9. The number of hydrogen-bond donors (Lipinski definition) is 2. The number of hydrogen-bond acceptors (Lipinski definition) is 3. The molecule has 0 aliphatic rings. The van der Waals surface area contributed by atoms with Crippen molar-refractivity contribution in [1.82, 2.24) is 0 Å². The van der Waals surface area contributed by atoms with Crippen molar-refractivity contribution in [2.75, 3.05) is 12.4 Å². The second kappa shape index (κ2) is 7.20. The first-order chi connectivity index (χ1) is 10.9. The Morgan fingerprint density at radius 1 is 1.22 bits per heavy atom. The van der Waals surface area contributed by atoms with Crippen molar-refractivity contribution in [2.45, 2.75) is 13.8 Å². The molecule has 0 saturated heterocycles. The maximum absolute atomic E-state index is 12.0. The predicted octanol–water partition coefficient (Wildman–Crippen LogP) is 4.32. The standard InChI is InChI=1S/C18H18ClNO3/c1-11-8-14(23-3)9-12(2)15(11)5-7-18(22)20-16-10-13(19)4-6-17(16)21/h4-10,21H,1-3H3,(H,20,22)/b7-5+. The van der Waals surface area contributed by atoms with Crippen molar-refractivity contribution in [3.63, 3.8) is 0 Å². The summed E-state index contributed by atoms with van der Waals surface area (Å²) in [6.07, 6.45) is 3.16. The molecule has 0 unspecified atom stereocenters. The quantitative estimate of drug-likeness (QED) is 0.648. The molecular weight excluding hydrogens is 314 g/mol. The van der Waals surface area contributed by atoms with Crippen molar-refractivity contribution < 1.29 is 14.6 Å². The number of aromatic hydroxyl groups is 1. The second-order valence-corrected chi connectivity index (χ2v) is 5.60. The summed E-state index contributed by atoms with van der Waals surface area (Å²) in [5.41, 5.74) is 3.25. The van der Waals surface area contributed by atoms with Crippen LogP contribution in [0, 0.1) is 13.8 Å². The van der Waals surface area contributed by atoms with E-state index in [4.69, 9.17) is 16.3 Å². The molecule has 4 nitrogen and oxygen atoms in total. The fraction of sp³-hybridized carbons (Fsp3) is 0.167. The molecule has 0 aliphatic carbocycles. The number of methoxy groups -OCH3 is 1. The number of benzene rings is 2. The number of aryl methyl sites for hydroxylation is 2. The van der Waals surface area contributed by atoms with Crippen LogP contribution in [0.2, 0.25) is 5.02 Å². The summed E-state index contributed by atoms with van der Waals surface area (Å²) < 4.78 is 5.22. The van der Waals surface area contributed by atoms with Gasteiger partial charge in [0.2, 0.25) is 5.91 Å². The highest BCUT2D eigenvalue weighted by molar-refractivity contribution is 6.31. The lowest BCUT2D eigenvalue weighted by Gasteiger charge is -2.09. The lowest BCUT2D eigenvalue weighted by Crippen LogP contribution is -2.08. The number of carbonyl (C=O) groups is 1. The molecule has 2 aromatic rings. The largest absolute Gasteiger partial charge is 0.506 e. The van der Waals surface area contributed by atoms with Crippen molar-refractivity contribution in [3.8, 4) is 11.5 Å². The van der Waals surface area contributed by atoms with E-state index in [-0.39, 0.29) is 17.3 Å². The highest BCUT2D eigenvalue weighted by Gasteiger charge is 2.06. The third-order valence-electron chi connectivity index (χ3n) is 3.42. The fourth-order valence-corrected chi connectivity index (χ4v) is 2.43. The minimum absolute atomic E-state index is 0.0343. The van der Waals surface area contributed by atoms with Gasteiger partial charge in [0, 0.05) is 11.1 Å². The van der Waals surface area contributed by atoms with Crippen molar-refractivity contribution in [1.29, 1.82) is 0 Å². The van der Waals surface area contributed by atoms with E-state index in [0.717, 1.165) is 22.4 Å². The Morgan fingerprint density at radius 2 is 1.87 bits per heavy atom. The smallest absolute Gasteiger partial charge is 0.248 e. The van der Waals surface area contributed by atoms with E-state index >= 15 is 0 Å². The van der Waals surface area contributed by atoms with Crippen LogP contribution in [0.4, 0.5) is 5.69 Å². The molecule has 0 radical (unpaired) electrons. The maximum atomic E-state index is 12.0. The molecule has 0 spiro atoms. The number of halogens is 1. The number of phenolic OH excluding ortho intramolecular Hbond substituents is 1. The molecule has 23 heavy (non-hydrogen) atoms. The number of carbonyl (C=O) groups excluding carboxylic acids is 1. The second-order valence-electron chi connectivity index (χ2n) is 5.16. The lowest BCUT2D eigenvalue weighted by atomic mass is 10.0. The third-order valence-corrected chi connectivity index (χ3v) is 3.66. The highest BCUT2D eigenvalue weighted by Crippen LogP contribution is 2.27. The van der Waals surface area contributed by atoms with E-state index in [1.807, 2.05) is 26.0 Å². The minimum atomic E-state index is -0.350. The van der Waals surface area contributed by atoms with Gasteiger partial charge in [-0.1, -0.05) is 11.6 Å². The topological polar surface area (TPSA) is 58.6 Å². The molecule has 0 saturated carbocycles. The van der Waals surface area contributed by atoms with Gasteiger partial charge in [0.05, 0.1) is 12.8 Å². The monoisotopic (exact) mass is 331 g/mol. The molecule has 2 aromatic carbocycles. The molecule has 120 valence electrons. The van der Waals surface area contributed by atoms with Gasteiger partial charge < -0.3 is 15.2 Å². The van der Waals surface area contributed by atoms with Crippen LogP contribution in [0.1, 0.15) is 16.7 Å². The Labute approximate surface area is 140 Å². The molecule has 0 bridgehead atoms. The van der Waals surface area contributed by atoms with Gasteiger partial charge in [-0.25, -0.2) is 0 Å². The number of nitrogens with one attached hydrogen (secondary N) is 1. The molecule has 2 rings (SSSR count). The lowest BCUT2D eigenvalue weighted by molar-refractivity contribution is -0.111. The summed E-state index contributed by atoms with van der Waals surface area (Å²) in [7, 11) is 1.62. The van der Waals surface area contributed by atoms with Gasteiger partial charge in [0.15, 0.2) is 0 Å². The van der Waals surface area contributed by atoms with Crippen LogP contribution in [-0.4, -0.2) is 18.1 Å². The Balaban J connectivity index is 2.17. The number of phenols is 1. The van der Waals surface area contributed by atoms with E-state index in [0.29, 0.717) is 5.02 Å². The van der Waals surface area contributed by atoms with Gasteiger partial charge in [-0.2, -0.15) is 0 Å². The number of amides is 1. The maximum Gasteiger partial charge on any atom is 0.248 e. The zero-order chi connectivity index (χ0) is 17.0. The summed E-state index contributed by atoms with van der Waals surface area (Å²) in [6.45, 7) is 3.91. The molecule has 1 amide bonds. The van der Waals surface area contributed by atoms with Crippen molar-refractivity contribution in [2.24, 2.45) is 0 Å². The van der Waals surface area contributed by atoms with Crippen molar-refractivity contribution in [3.05, 3.63) is 58.1 Å².